The average molecular weight is 644 g/mol. The van der Waals surface area contributed by atoms with Crippen LogP contribution >= 0.6 is 11.3 Å². The SMILES string of the molecule is c1ccc2cc3c(cc2c1)oc1c(-c2ccc(-c4cc5c6ccccc6oc5c5c4sc4ccccc45)cc2)ccc(-c2ccncc2)c13. The molecular weight excluding hydrogens is 619 g/mol. The summed E-state index contributed by atoms with van der Waals surface area (Å²) in [6.07, 6.45) is 3.70. The molecule has 4 heterocycles. The summed E-state index contributed by atoms with van der Waals surface area (Å²) in [5, 5.41) is 9.32. The molecule has 0 saturated heterocycles. The number of rotatable bonds is 3. The van der Waals surface area contributed by atoms with Crippen molar-refractivity contribution in [2.24, 2.45) is 0 Å². The molecule has 4 heteroatoms. The van der Waals surface area contributed by atoms with E-state index in [-0.39, 0.29) is 0 Å². The quantitative estimate of drug-likeness (QED) is 0.192. The first-order chi connectivity index (χ1) is 24.3. The third-order valence-corrected chi connectivity index (χ3v) is 11.2. The summed E-state index contributed by atoms with van der Waals surface area (Å²) in [7, 11) is 0. The molecule has 0 spiro atoms. The maximum absolute atomic E-state index is 6.77. The molecule has 228 valence electrons. The number of pyridine rings is 1. The summed E-state index contributed by atoms with van der Waals surface area (Å²) in [5.41, 5.74) is 10.5. The van der Waals surface area contributed by atoms with E-state index in [1.807, 2.05) is 29.8 Å². The fourth-order valence-electron chi connectivity index (χ4n) is 7.67. The second-order valence-electron chi connectivity index (χ2n) is 12.7. The predicted molar refractivity (Wildman–Crippen MR) is 205 cm³/mol. The number of fused-ring (bicyclic) bond motifs is 11. The number of para-hydroxylation sites is 1. The topological polar surface area (TPSA) is 39.2 Å². The first-order valence-electron chi connectivity index (χ1n) is 16.4. The molecule has 0 unspecified atom stereocenters. The largest absolute Gasteiger partial charge is 0.455 e. The number of aromatic nitrogens is 1. The van der Waals surface area contributed by atoms with Gasteiger partial charge in [0.2, 0.25) is 0 Å². The molecule has 0 aliphatic carbocycles. The number of benzene rings is 7. The van der Waals surface area contributed by atoms with Crippen LogP contribution in [0.1, 0.15) is 0 Å². The van der Waals surface area contributed by atoms with Crippen LogP contribution in [0, 0.1) is 0 Å². The summed E-state index contributed by atoms with van der Waals surface area (Å²) in [6, 6.07) is 49.7. The number of hydrogen-bond donors (Lipinski definition) is 0. The molecule has 0 N–H and O–H groups in total. The van der Waals surface area contributed by atoms with E-state index in [4.69, 9.17) is 8.83 Å². The van der Waals surface area contributed by atoms with Gasteiger partial charge in [-0.05, 0) is 81.6 Å². The van der Waals surface area contributed by atoms with E-state index in [2.05, 4.69) is 138 Å². The van der Waals surface area contributed by atoms with Gasteiger partial charge in [0.25, 0.3) is 0 Å². The minimum absolute atomic E-state index is 0.890. The van der Waals surface area contributed by atoms with Crippen molar-refractivity contribution >= 4 is 86.2 Å². The number of hydrogen-bond acceptors (Lipinski definition) is 4. The molecule has 0 atom stereocenters. The Morgan fingerprint density at radius 3 is 1.92 bits per heavy atom. The summed E-state index contributed by atoms with van der Waals surface area (Å²) in [4.78, 5) is 4.27. The zero-order chi connectivity index (χ0) is 32.1. The van der Waals surface area contributed by atoms with Gasteiger partial charge in [-0.3, -0.25) is 4.98 Å². The molecule has 0 amide bonds. The lowest BCUT2D eigenvalue weighted by Crippen LogP contribution is -1.85. The Balaban J connectivity index is 1.13. The fourth-order valence-corrected chi connectivity index (χ4v) is 8.91. The predicted octanol–water partition coefficient (Wildman–Crippen LogP) is 13.4. The van der Waals surface area contributed by atoms with Crippen LogP contribution in [-0.4, -0.2) is 4.98 Å². The molecule has 7 aromatic carbocycles. The number of thiophene rings is 1. The van der Waals surface area contributed by atoms with E-state index in [1.54, 1.807) is 0 Å². The summed E-state index contributed by atoms with van der Waals surface area (Å²) in [6.45, 7) is 0. The van der Waals surface area contributed by atoms with Crippen molar-refractivity contribution in [1.82, 2.24) is 4.98 Å². The van der Waals surface area contributed by atoms with Crippen molar-refractivity contribution in [3.63, 3.8) is 0 Å². The van der Waals surface area contributed by atoms with Crippen LogP contribution < -0.4 is 0 Å². The molecule has 0 bridgehead atoms. The molecule has 0 aliphatic heterocycles. The molecule has 49 heavy (non-hydrogen) atoms. The molecular formula is C45H25NO2S. The van der Waals surface area contributed by atoms with Crippen molar-refractivity contribution in [1.29, 1.82) is 0 Å². The smallest absolute Gasteiger partial charge is 0.144 e. The standard InChI is InChI=1S/C45H25NO2S/c1-2-8-30-24-39-37(23-29(30)7-1)41-31(28-19-21-46-22-20-28)17-18-32(43(41)48-39)26-13-15-27(16-14-26)35-25-36-33-9-3-5-11-38(33)47-44(36)42-34-10-4-6-12-40(34)49-45(35)42/h1-25H. The van der Waals surface area contributed by atoms with Gasteiger partial charge in [-0.25, -0.2) is 0 Å². The molecule has 11 rings (SSSR count). The van der Waals surface area contributed by atoms with Crippen molar-refractivity contribution in [2.75, 3.05) is 0 Å². The minimum Gasteiger partial charge on any atom is -0.455 e. The van der Waals surface area contributed by atoms with Crippen molar-refractivity contribution in [3.05, 3.63) is 152 Å². The summed E-state index contributed by atoms with van der Waals surface area (Å²) in [5.74, 6) is 0. The molecule has 0 fully saturated rings. The number of furan rings is 2. The van der Waals surface area contributed by atoms with Crippen molar-refractivity contribution in [2.45, 2.75) is 0 Å². The number of nitrogens with zero attached hydrogens (tertiary/aromatic N) is 1. The average Bonchev–Trinajstić information content (AvgIpc) is 3.85. The Kier molecular flexibility index (Phi) is 5.54. The van der Waals surface area contributed by atoms with Gasteiger partial charge in [0, 0.05) is 65.2 Å². The van der Waals surface area contributed by atoms with Crippen LogP contribution in [0.2, 0.25) is 0 Å². The van der Waals surface area contributed by atoms with Crippen LogP contribution in [-0.2, 0) is 0 Å². The van der Waals surface area contributed by atoms with E-state index in [1.165, 1.54) is 42.1 Å². The zero-order valence-corrected chi connectivity index (χ0v) is 26.9. The Hall–Kier alpha value is -6.23. The Labute approximate surface area is 284 Å². The van der Waals surface area contributed by atoms with Gasteiger partial charge >= 0.3 is 0 Å². The van der Waals surface area contributed by atoms with E-state index in [0.29, 0.717) is 0 Å². The van der Waals surface area contributed by atoms with Crippen molar-refractivity contribution < 1.29 is 8.83 Å². The lowest BCUT2D eigenvalue weighted by atomic mass is 9.93. The second kappa shape index (κ2) is 10.1. The lowest BCUT2D eigenvalue weighted by molar-refractivity contribution is 0.670. The maximum Gasteiger partial charge on any atom is 0.144 e. The first kappa shape index (κ1) is 26.8. The second-order valence-corrected chi connectivity index (χ2v) is 13.7. The van der Waals surface area contributed by atoms with E-state index in [0.717, 1.165) is 66.1 Å². The van der Waals surface area contributed by atoms with Crippen LogP contribution in [0.15, 0.2) is 161 Å². The molecule has 3 nitrogen and oxygen atoms in total. The van der Waals surface area contributed by atoms with Crippen molar-refractivity contribution in [3.8, 4) is 33.4 Å². The highest BCUT2D eigenvalue weighted by atomic mass is 32.1. The summed E-state index contributed by atoms with van der Waals surface area (Å²) < 4.78 is 15.8. The minimum atomic E-state index is 0.890. The highest BCUT2D eigenvalue weighted by Crippen LogP contribution is 2.47. The van der Waals surface area contributed by atoms with E-state index >= 15 is 0 Å². The lowest BCUT2D eigenvalue weighted by Gasteiger charge is -2.10. The molecule has 0 saturated carbocycles. The van der Waals surface area contributed by atoms with Crippen LogP contribution in [0.5, 0.6) is 0 Å². The van der Waals surface area contributed by atoms with Gasteiger partial charge in [0.05, 0.1) is 0 Å². The highest BCUT2D eigenvalue weighted by Gasteiger charge is 2.21. The Morgan fingerprint density at radius 1 is 0.429 bits per heavy atom. The Morgan fingerprint density at radius 2 is 1.08 bits per heavy atom. The normalized spacial score (nSPS) is 12.1. The fraction of sp³-hybridized carbons (Fsp3) is 0. The molecule has 4 aromatic heterocycles. The zero-order valence-electron chi connectivity index (χ0n) is 26.1. The molecule has 11 aromatic rings. The maximum atomic E-state index is 6.77. The highest BCUT2D eigenvalue weighted by molar-refractivity contribution is 7.26. The Bertz CT molecular complexity index is 3090. The third kappa shape index (κ3) is 3.92. The van der Waals surface area contributed by atoms with Gasteiger partial charge in [-0.15, -0.1) is 11.3 Å². The van der Waals surface area contributed by atoms with Gasteiger partial charge in [0.1, 0.15) is 22.3 Å². The monoisotopic (exact) mass is 643 g/mol. The van der Waals surface area contributed by atoms with Crippen LogP contribution in [0.25, 0.3) is 108 Å². The third-order valence-electron chi connectivity index (χ3n) is 9.97. The van der Waals surface area contributed by atoms with Gasteiger partial charge < -0.3 is 8.83 Å². The van der Waals surface area contributed by atoms with Gasteiger partial charge in [0.15, 0.2) is 0 Å². The van der Waals surface area contributed by atoms with Crippen LogP contribution in [0.4, 0.5) is 0 Å². The molecule has 0 radical (unpaired) electrons. The van der Waals surface area contributed by atoms with Gasteiger partial charge in [-0.2, -0.15) is 0 Å². The van der Waals surface area contributed by atoms with E-state index in [9.17, 15) is 0 Å². The molecule has 0 aliphatic rings. The summed E-state index contributed by atoms with van der Waals surface area (Å²) >= 11 is 1.83. The van der Waals surface area contributed by atoms with Gasteiger partial charge in [-0.1, -0.05) is 91.0 Å². The van der Waals surface area contributed by atoms with Crippen LogP contribution in [0.3, 0.4) is 0 Å². The first-order valence-corrected chi connectivity index (χ1v) is 17.2. The van der Waals surface area contributed by atoms with E-state index < -0.39 is 0 Å².